The Labute approximate surface area is 128 Å². The molecule has 0 saturated carbocycles. The molecule has 5 nitrogen and oxygen atoms in total. The van der Waals surface area contributed by atoms with Crippen LogP contribution in [-0.4, -0.2) is 30.0 Å². The van der Waals surface area contributed by atoms with Gasteiger partial charge in [-0.1, -0.05) is 6.07 Å². The van der Waals surface area contributed by atoms with Crippen LogP contribution in [0.4, 0.5) is 0 Å². The smallest absolute Gasteiger partial charge is 0.344 e. The maximum absolute atomic E-state index is 11.7. The van der Waals surface area contributed by atoms with Crippen LogP contribution in [0.15, 0.2) is 36.5 Å². The van der Waals surface area contributed by atoms with Gasteiger partial charge in [-0.2, -0.15) is 0 Å². The Balaban J connectivity index is 1.45. The van der Waals surface area contributed by atoms with E-state index in [0.717, 1.165) is 12.8 Å². The van der Waals surface area contributed by atoms with Crippen LogP contribution < -0.4 is 4.74 Å². The molecule has 1 aromatic carbocycles. The highest BCUT2D eigenvalue weighted by molar-refractivity contribution is 5.96. The van der Waals surface area contributed by atoms with Crippen LogP contribution in [0.5, 0.6) is 5.75 Å². The number of nitrogens with one attached hydrogen (secondary N) is 1. The highest BCUT2D eigenvalue weighted by atomic mass is 16.6. The molecule has 1 aliphatic rings. The number of benzene rings is 1. The van der Waals surface area contributed by atoms with Gasteiger partial charge in [0.15, 0.2) is 13.2 Å². The maximum Gasteiger partial charge on any atom is 0.344 e. The van der Waals surface area contributed by atoms with Gasteiger partial charge in [-0.25, -0.2) is 4.79 Å². The average molecular weight is 299 g/mol. The predicted molar refractivity (Wildman–Crippen MR) is 80.0 cm³/mol. The van der Waals surface area contributed by atoms with Gasteiger partial charge in [-0.05, 0) is 54.7 Å². The standard InChI is InChI=1S/C17H17NO4/c19-16(15-5-2-8-18-15)10-22-17(20)11-21-14-7-6-12-3-1-4-13(12)9-14/h2,5-9,18H,1,3-4,10-11H2. The molecular weight excluding hydrogens is 282 g/mol. The van der Waals surface area contributed by atoms with E-state index in [1.807, 2.05) is 18.2 Å². The van der Waals surface area contributed by atoms with Crippen LogP contribution in [0.1, 0.15) is 28.0 Å². The number of rotatable bonds is 6. The van der Waals surface area contributed by atoms with E-state index in [1.165, 1.54) is 17.5 Å². The molecule has 0 saturated heterocycles. The van der Waals surface area contributed by atoms with Crippen molar-refractivity contribution in [1.29, 1.82) is 0 Å². The number of ketones is 1. The van der Waals surface area contributed by atoms with Gasteiger partial charge in [0.1, 0.15) is 5.75 Å². The second-order valence-corrected chi connectivity index (χ2v) is 5.24. The lowest BCUT2D eigenvalue weighted by Crippen LogP contribution is -2.19. The lowest BCUT2D eigenvalue weighted by Gasteiger charge is -2.08. The predicted octanol–water partition coefficient (Wildman–Crippen LogP) is 2.31. The van der Waals surface area contributed by atoms with E-state index >= 15 is 0 Å². The Morgan fingerprint density at radius 3 is 2.77 bits per heavy atom. The second-order valence-electron chi connectivity index (χ2n) is 5.24. The number of ether oxygens (including phenoxy) is 2. The molecule has 1 aliphatic carbocycles. The summed E-state index contributed by atoms with van der Waals surface area (Å²) in [4.78, 5) is 26.0. The summed E-state index contributed by atoms with van der Waals surface area (Å²) in [6.07, 6.45) is 4.98. The highest BCUT2D eigenvalue weighted by Gasteiger charge is 2.13. The molecule has 0 unspecified atom stereocenters. The summed E-state index contributed by atoms with van der Waals surface area (Å²) in [5.41, 5.74) is 3.06. The molecule has 5 heteroatoms. The SMILES string of the molecule is O=C(COc1ccc2c(c1)CCC2)OCC(=O)c1ccc[nH]1. The minimum absolute atomic E-state index is 0.198. The summed E-state index contributed by atoms with van der Waals surface area (Å²) in [6.45, 7) is -0.482. The highest BCUT2D eigenvalue weighted by Crippen LogP contribution is 2.25. The van der Waals surface area contributed by atoms with Crippen LogP contribution in [-0.2, 0) is 22.4 Å². The maximum atomic E-state index is 11.7. The first-order valence-electron chi connectivity index (χ1n) is 7.29. The summed E-state index contributed by atoms with van der Waals surface area (Å²) in [5.74, 6) is -0.162. The van der Waals surface area contributed by atoms with Gasteiger partial charge >= 0.3 is 5.97 Å². The number of carbonyl (C=O) groups is 2. The number of H-pyrrole nitrogens is 1. The van der Waals surface area contributed by atoms with Crippen molar-refractivity contribution in [2.75, 3.05) is 13.2 Å². The molecule has 3 rings (SSSR count). The molecule has 1 aromatic heterocycles. The number of aromatic amines is 1. The first-order valence-corrected chi connectivity index (χ1v) is 7.29. The van der Waals surface area contributed by atoms with E-state index in [-0.39, 0.29) is 19.0 Å². The zero-order chi connectivity index (χ0) is 15.4. The van der Waals surface area contributed by atoms with Gasteiger partial charge in [0.05, 0.1) is 5.69 Å². The van der Waals surface area contributed by atoms with Gasteiger partial charge in [0, 0.05) is 6.20 Å². The minimum atomic E-state index is -0.555. The van der Waals surface area contributed by atoms with Crippen LogP contribution >= 0.6 is 0 Å². The fourth-order valence-corrected chi connectivity index (χ4v) is 2.55. The molecule has 0 fully saturated rings. The number of hydrogen-bond donors (Lipinski definition) is 1. The quantitative estimate of drug-likeness (QED) is 0.656. The zero-order valence-corrected chi connectivity index (χ0v) is 12.1. The van der Waals surface area contributed by atoms with Crippen LogP contribution in [0.2, 0.25) is 0 Å². The third-order valence-corrected chi connectivity index (χ3v) is 3.69. The molecule has 1 N–H and O–H groups in total. The van der Waals surface area contributed by atoms with E-state index in [9.17, 15) is 9.59 Å². The van der Waals surface area contributed by atoms with Crippen molar-refractivity contribution in [1.82, 2.24) is 4.98 Å². The number of hydrogen-bond acceptors (Lipinski definition) is 4. The Morgan fingerprint density at radius 2 is 1.95 bits per heavy atom. The number of Topliss-reactive ketones (excluding diaryl/α,β-unsaturated/α-hetero) is 1. The molecular formula is C17H17NO4. The largest absolute Gasteiger partial charge is 0.482 e. The van der Waals surface area contributed by atoms with Gasteiger partial charge in [-0.3, -0.25) is 4.79 Å². The van der Waals surface area contributed by atoms with Gasteiger partial charge in [0.25, 0.3) is 0 Å². The molecule has 114 valence electrons. The topological polar surface area (TPSA) is 68.4 Å². The Bertz CT molecular complexity index is 676. The molecule has 0 bridgehead atoms. The summed E-state index contributed by atoms with van der Waals surface area (Å²) in [6, 6.07) is 9.22. The van der Waals surface area contributed by atoms with Crippen molar-refractivity contribution in [2.24, 2.45) is 0 Å². The Kier molecular flexibility index (Phi) is 4.23. The summed E-state index contributed by atoms with van der Waals surface area (Å²) in [5, 5.41) is 0. The lowest BCUT2D eigenvalue weighted by atomic mass is 10.1. The van der Waals surface area contributed by atoms with Crippen molar-refractivity contribution in [2.45, 2.75) is 19.3 Å². The fourth-order valence-electron chi connectivity index (χ4n) is 2.55. The third kappa shape index (κ3) is 3.36. The molecule has 1 heterocycles. The Morgan fingerprint density at radius 1 is 1.09 bits per heavy atom. The van der Waals surface area contributed by atoms with Crippen molar-refractivity contribution in [3.05, 3.63) is 53.3 Å². The molecule has 0 amide bonds. The Hall–Kier alpha value is -2.56. The fraction of sp³-hybridized carbons (Fsp3) is 0.294. The first-order chi connectivity index (χ1) is 10.7. The van der Waals surface area contributed by atoms with Gasteiger partial charge in [0.2, 0.25) is 5.78 Å². The van der Waals surface area contributed by atoms with Crippen molar-refractivity contribution >= 4 is 11.8 Å². The number of aromatic nitrogens is 1. The van der Waals surface area contributed by atoms with Crippen LogP contribution in [0, 0.1) is 0 Å². The van der Waals surface area contributed by atoms with E-state index in [2.05, 4.69) is 4.98 Å². The molecule has 0 radical (unpaired) electrons. The average Bonchev–Trinajstić information content (AvgIpc) is 3.20. The molecule has 22 heavy (non-hydrogen) atoms. The van der Waals surface area contributed by atoms with Crippen LogP contribution in [0.25, 0.3) is 0 Å². The molecule has 0 aliphatic heterocycles. The molecule has 0 spiro atoms. The van der Waals surface area contributed by atoms with E-state index in [4.69, 9.17) is 9.47 Å². The molecule has 0 atom stereocenters. The monoisotopic (exact) mass is 299 g/mol. The lowest BCUT2D eigenvalue weighted by molar-refractivity contribution is -0.144. The number of esters is 1. The third-order valence-electron chi connectivity index (χ3n) is 3.69. The summed E-state index contributed by atoms with van der Waals surface area (Å²) < 4.78 is 10.3. The molecule has 2 aromatic rings. The van der Waals surface area contributed by atoms with E-state index in [1.54, 1.807) is 18.3 Å². The van der Waals surface area contributed by atoms with Crippen molar-refractivity contribution < 1.29 is 19.1 Å². The number of carbonyl (C=O) groups excluding carboxylic acids is 2. The van der Waals surface area contributed by atoms with Crippen LogP contribution in [0.3, 0.4) is 0 Å². The van der Waals surface area contributed by atoms with E-state index in [0.29, 0.717) is 11.4 Å². The minimum Gasteiger partial charge on any atom is -0.482 e. The van der Waals surface area contributed by atoms with Crippen molar-refractivity contribution in [3.63, 3.8) is 0 Å². The second kappa shape index (κ2) is 6.47. The zero-order valence-electron chi connectivity index (χ0n) is 12.1. The van der Waals surface area contributed by atoms with E-state index < -0.39 is 5.97 Å². The van der Waals surface area contributed by atoms with Crippen molar-refractivity contribution in [3.8, 4) is 5.75 Å². The van der Waals surface area contributed by atoms with Gasteiger partial charge in [-0.15, -0.1) is 0 Å². The summed E-state index contributed by atoms with van der Waals surface area (Å²) >= 11 is 0. The number of aryl methyl sites for hydroxylation is 2. The van der Waals surface area contributed by atoms with Gasteiger partial charge < -0.3 is 14.5 Å². The first kappa shape index (κ1) is 14.4. The normalized spacial score (nSPS) is 12.7. The summed E-state index contributed by atoms with van der Waals surface area (Å²) in [7, 11) is 0. The number of fused-ring (bicyclic) bond motifs is 1.